The van der Waals surface area contributed by atoms with Gasteiger partial charge in [0.25, 0.3) is 5.91 Å². The Morgan fingerprint density at radius 2 is 1.67 bits per heavy atom. The van der Waals surface area contributed by atoms with Crippen molar-refractivity contribution in [1.82, 2.24) is 30.8 Å². The molecule has 0 aliphatic heterocycles. The molecule has 4 rings (SSSR count). The molecule has 3 aromatic carbocycles. The molecule has 4 aromatic rings. The van der Waals surface area contributed by atoms with Crippen molar-refractivity contribution in [3.8, 4) is 11.4 Å². The Bertz CT molecular complexity index is 1560. The molecule has 0 unspecified atom stereocenters. The molecule has 218 valence electrons. The number of hydrogen-bond donors (Lipinski definition) is 3. The summed E-state index contributed by atoms with van der Waals surface area (Å²) in [5, 5.41) is 28.2. The number of nitrogens with one attached hydrogen (secondary N) is 2. The number of ketones is 1. The molecule has 0 spiro atoms. The SMILES string of the molecule is CC(C)[C@H](NC(=O)COc1cccc2ccccc12)C(=O)N[C@@H](CC(=O)O)C(=O)CSc1nnnn1-c1ccccc1. The first-order valence-corrected chi connectivity index (χ1v) is 14.1. The summed E-state index contributed by atoms with van der Waals surface area (Å²) in [6.07, 6.45) is -0.627. The molecule has 2 amide bonds. The van der Waals surface area contributed by atoms with Crippen LogP contribution >= 0.6 is 11.8 Å². The van der Waals surface area contributed by atoms with Crippen LogP contribution in [0.15, 0.2) is 78.0 Å². The van der Waals surface area contributed by atoms with E-state index >= 15 is 0 Å². The average molecular weight is 591 g/mol. The van der Waals surface area contributed by atoms with Gasteiger partial charge in [-0.1, -0.05) is 80.2 Å². The van der Waals surface area contributed by atoms with Crippen molar-refractivity contribution < 1.29 is 29.0 Å². The van der Waals surface area contributed by atoms with Crippen molar-refractivity contribution in [1.29, 1.82) is 0 Å². The van der Waals surface area contributed by atoms with Crippen LogP contribution in [-0.4, -0.2) is 73.3 Å². The number of rotatable bonds is 14. The summed E-state index contributed by atoms with van der Waals surface area (Å²) < 4.78 is 7.18. The number of carboxylic acids is 1. The molecule has 0 saturated heterocycles. The van der Waals surface area contributed by atoms with Crippen LogP contribution in [0.3, 0.4) is 0 Å². The first kappa shape index (κ1) is 30.2. The molecule has 0 aliphatic carbocycles. The average Bonchev–Trinajstić information content (AvgIpc) is 3.46. The minimum atomic E-state index is -1.33. The summed E-state index contributed by atoms with van der Waals surface area (Å²) >= 11 is 1.02. The predicted molar refractivity (Wildman–Crippen MR) is 155 cm³/mol. The quantitative estimate of drug-likeness (QED) is 0.186. The fraction of sp³-hybridized carbons (Fsp3) is 0.276. The van der Waals surface area contributed by atoms with Gasteiger partial charge in [-0.15, -0.1) is 5.10 Å². The summed E-state index contributed by atoms with van der Waals surface area (Å²) in [4.78, 5) is 50.5. The Morgan fingerprint density at radius 1 is 0.952 bits per heavy atom. The van der Waals surface area contributed by atoms with Gasteiger partial charge in [-0.2, -0.15) is 4.68 Å². The molecule has 3 N–H and O–H groups in total. The molecular weight excluding hydrogens is 560 g/mol. The molecule has 0 radical (unpaired) electrons. The van der Waals surface area contributed by atoms with Gasteiger partial charge in [-0.3, -0.25) is 19.2 Å². The van der Waals surface area contributed by atoms with Crippen molar-refractivity contribution in [2.45, 2.75) is 37.5 Å². The number of aliphatic carboxylic acids is 1. The highest BCUT2D eigenvalue weighted by Gasteiger charge is 2.30. The van der Waals surface area contributed by atoms with E-state index in [1.807, 2.05) is 54.6 Å². The first-order chi connectivity index (χ1) is 20.2. The van der Waals surface area contributed by atoms with Crippen LogP contribution in [0, 0.1) is 5.92 Å². The fourth-order valence-corrected chi connectivity index (χ4v) is 4.96. The Balaban J connectivity index is 1.37. The number of carbonyl (C=O) groups excluding carboxylic acids is 3. The van der Waals surface area contributed by atoms with E-state index in [4.69, 9.17) is 4.74 Å². The third-order valence-electron chi connectivity index (χ3n) is 6.24. The molecule has 13 heteroatoms. The van der Waals surface area contributed by atoms with Crippen LogP contribution in [0.1, 0.15) is 20.3 Å². The van der Waals surface area contributed by atoms with E-state index < -0.39 is 42.1 Å². The molecule has 42 heavy (non-hydrogen) atoms. The topological polar surface area (TPSA) is 165 Å². The van der Waals surface area contributed by atoms with Gasteiger partial charge in [-0.05, 0) is 39.9 Å². The van der Waals surface area contributed by atoms with Gasteiger partial charge in [0.15, 0.2) is 12.4 Å². The molecule has 2 atom stereocenters. The summed E-state index contributed by atoms with van der Waals surface area (Å²) in [5.74, 6) is -3.05. The predicted octanol–water partition coefficient (Wildman–Crippen LogP) is 2.66. The van der Waals surface area contributed by atoms with Crippen molar-refractivity contribution in [2.24, 2.45) is 5.92 Å². The second-order valence-electron chi connectivity index (χ2n) is 9.68. The number of carbonyl (C=O) groups is 4. The van der Waals surface area contributed by atoms with Crippen molar-refractivity contribution in [3.63, 3.8) is 0 Å². The number of ether oxygens (including phenoxy) is 1. The number of hydrogen-bond acceptors (Lipinski definition) is 9. The van der Waals surface area contributed by atoms with E-state index in [-0.39, 0.29) is 18.3 Å². The minimum Gasteiger partial charge on any atom is -0.483 e. The lowest BCUT2D eigenvalue weighted by atomic mass is 10.0. The molecule has 0 bridgehead atoms. The zero-order valence-corrected chi connectivity index (χ0v) is 23.8. The minimum absolute atomic E-state index is 0.191. The number of tetrazole rings is 1. The first-order valence-electron chi connectivity index (χ1n) is 13.1. The monoisotopic (exact) mass is 590 g/mol. The van der Waals surface area contributed by atoms with Crippen molar-refractivity contribution in [2.75, 3.05) is 12.4 Å². The molecule has 1 heterocycles. The zero-order valence-electron chi connectivity index (χ0n) is 23.0. The summed E-state index contributed by atoms with van der Waals surface area (Å²) in [5.41, 5.74) is 0.688. The van der Waals surface area contributed by atoms with E-state index in [1.54, 1.807) is 32.0 Å². The normalized spacial score (nSPS) is 12.5. The van der Waals surface area contributed by atoms with Gasteiger partial charge in [-0.25, -0.2) is 0 Å². The fourth-order valence-electron chi connectivity index (χ4n) is 4.13. The van der Waals surface area contributed by atoms with E-state index in [1.165, 1.54) is 4.68 Å². The van der Waals surface area contributed by atoms with Crippen LogP contribution in [-0.2, 0) is 19.2 Å². The van der Waals surface area contributed by atoms with E-state index in [9.17, 15) is 24.3 Å². The number of aromatic nitrogens is 4. The summed E-state index contributed by atoms with van der Waals surface area (Å²) in [6.45, 7) is 3.11. The number of nitrogens with zero attached hydrogens (tertiary/aromatic N) is 4. The summed E-state index contributed by atoms with van der Waals surface area (Å²) in [6, 6.07) is 19.8. The zero-order chi connectivity index (χ0) is 30.1. The lowest BCUT2D eigenvalue weighted by Crippen LogP contribution is -2.55. The Morgan fingerprint density at radius 3 is 2.40 bits per heavy atom. The standard InChI is InChI=1S/C29H30N6O6S/c1-18(2)27(31-25(37)16-41-24-14-8-10-19-9-6-7-13-21(19)24)28(40)30-22(15-26(38)39)23(36)17-42-29-32-33-34-35(29)20-11-4-3-5-12-20/h3-14,18,22,27H,15-17H2,1-2H3,(H,30,40)(H,31,37)(H,38,39)/t22-,27-/m0/s1. The van der Waals surface area contributed by atoms with Crippen LogP contribution in [0.5, 0.6) is 5.75 Å². The largest absolute Gasteiger partial charge is 0.483 e. The van der Waals surface area contributed by atoms with Gasteiger partial charge in [0.1, 0.15) is 11.8 Å². The highest BCUT2D eigenvalue weighted by atomic mass is 32.2. The number of amides is 2. The third-order valence-corrected chi connectivity index (χ3v) is 7.18. The number of benzene rings is 3. The Labute approximate surface area is 245 Å². The maximum atomic E-state index is 13.2. The highest BCUT2D eigenvalue weighted by Crippen LogP contribution is 2.25. The number of carboxylic acid groups (broad SMARTS) is 1. The van der Waals surface area contributed by atoms with Gasteiger partial charge < -0.3 is 20.5 Å². The van der Waals surface area contributed by atoms with Gasteiger partial charge >= 0.3 is 5.97 Å². The molecule has 1 aromatic heterocycles. The number of Topliss-reactive ketones (excluding diaryl/α,β-unsaturated/α-hetero) is 1. The maximum Gasteiger partial charge on any atom is 0.305 e. The number of para-hydroxylation sites is 1. The maximum absolute atomic E-state index is 13.2. The lowest BCUT2D eigenvalue weighted by Gasteiger charge is -2.24. The van der Waals surface area contributed by atoms with Crippen LogP contribution in [0.4, 0.5) is 0 Å². The van der Waals surface area contributed by atoms with Gasteiger partial charge in [0.2, 0.25) is 11.1 Å². The van der Waals surface area contributed by atoms with Gasteiger partial charge in [0, 0.05) is 5.39 Å². The van der Waals surface area contributed by atoms with E-state index in [2.05, 4.69) is 26.2 Å². The Kier molecular flexibility index (Phi) is 10.2. The Hall–Kier alpha value is -4.78. The van der Waals surface area contributed by atoms with Gasteiger partial charge in [0.05, 0.1) is 23.9 Å². The molecular formula is C29H30N6O6S. The van der Waals surface area contributed by atoms with E-state index in [0.717, 1.165) is 22.5 Å². The highest BCUT2D eigenvalue weighted by molar-refractivity contribution is 7.99. The van der Waals surface area contributed by atoms with Crippen LogP contribution < -0.4 is 15.4 Å². The second-order valence-corrected chi connectivity index (χ2v) is 10.6. The second kappa shape index (κ2) is 14.2. The van der Waals surface area contributed by atoms with Crippen LogP contribution in [0.2, 0.25) is 0 Å². The number of thioether (sulfide) groups is 1. The molecule has 0 saturated carbocycles. The van der Waals surface area contributed by atoms with Crippen molar-refractivity contribution in [3.05, 3.63) is 72.8 Å². The lowest BCUT2D eigenvalue weighted by molar-refractivity contribution is -0.140. The molecule has 0 fully saturated rings. The van der Waals surface area contributed by atoms with E-state index in [0.29, 0.717) is 16.6 Å². The molecule has 12 nitrogen and oxygen atoms in total. The van der Waals surface area contributed by atoms with Crippen LogP contribution in [0.25, 0.3) is 16.5 Å². The van der Waals surface area contributed by atoms with Crippen molar-refractivity contribution >= 4 is 46.1 Å². The summed E-state index contributed by atoms with van der Waals surface area (Å²) in [7, 11) is 0. The number of fused-ring (bicyclic) bond motifs is 1. The third kappa shape index (κ3) is 7.91. The molecule has 0 aliphatic rings. The smallest absolute Gasteiger partial charge is 0.305 e.